The second-order valence-electron chi connectivity index (χ2n) is 6.72. The van der Waals surface area contributed by atoms with Crippen LogP contribution in [0.3, 0.4) is 0 Å². The molecular weight excluding hydrogens is 346 g/mol. The summed E-state index contributed by atoms with van der Waals surface area (Å²) in [5, 5.41) is 10.8. The summed E-state index contributed by atoms with van der Waals surface area (Å²) in [5.74, 6) is 1.77. The fraction of sp³-hybridized carbons (Fsp3) is 0.381. The number of ether oxygens (including phenoxy) is 3. The van der Waals surface area contributed by atoms with E-state index in [0.717, 1.165) is 5.75 Å². The number of carbonyl (C=O) groups excluding carboxylic acids is 1. The Hall–Kier alpha value is -2.73. The molecule has 0 bridgehead atoms. The number of amides is 1. The quantitative estimate of drug-likeness (QED) is 0.846. The molecule has 0 spiro atoms. The number of hydrogen-bond donors (Lipinski definition) is 1. The Balaban J connectivity index is 1.60. The topological polar surface area (TPSA) is 68.2 Å². The zero-order chi connectivity index (χ0) is 19.3. The molecule has 0 radical (unpaired) electrons. The van der Waals surface area contributed by atoms with Crippen LogP contribution in [0.4, 0.5) is 0 Å². The molecule has 1 saturated heterocycles. The molecule has 1 aliphatic rings. The molecule has 0 aromatic heterocycles. The van der Waals surface area contributed by atoms with Gasteiger partial charge in [0, 0.05) is 24.7 Å². The van der Waals surface area contributed by atoms with Crippen molar-refractivity contribution in [3.05, 3.63) is 54.1 Å². The van der Waals surface area contributed by atoms with Crippen molar-refractivity contribution in [1.82, 2.24) is 4.90 Å². The summed E-state index contributed by atoms with van der Waals surface area (Å²) >= 11 is 0. The van der Waals surface area contributed by atoms with Crippen molar-refractivity contribution in [3.8, 4) is 17.2 Å². The van der Waals surface area contributed by atoms with Gasteiger partial charge in [0.25, 0.3) is 5.91 Å². The van der Waals surface area contributed by atoms with Gasteiger partial charge in [0.15, 0.2) is 0 Å². The second kappa shape index (κ2) is 8.31. The highest BCUT2D eigenvalue weighted by Crippen LogP contribution is 2.27. The Labute approximate surface area is 159 Å². The minimum Gasteiger partial charge on any atom is -0.497 e. The molecule has 1 N–H and O–H groups in total. The van der Waals surface area contributed by atoms with E-state index in [-0.39, 0.29) is 12.5 Å². The molecule has 1 amide bonds. The second-order valence-corrected chi connectivity index (χ2v) is 6.72. The van der Waals surface area contributed by atoms with Crippen molar-refractivity contribution in [2.24, 2.45) is 0 Å². The summed E-state index contributed by atoms with van der Waals surface area (Å²) in [6, 6.07) is 14.5. The van der Waals surface area contributed by atoms with E-state index in [1.54, 1.807) is 37.3 Å². The molecule has 1 fully saturated rings. The third-order valence-corrected chi connectivity index (χ3v) is 4.83. The lowest BCUT2D eigenvalue weighted by atomic mass is 9.92. The van der Waals surface area contributed by atoms with Crippen molar-refractivity contribution >= 4 is 5.91 Å². The van der Waals surface area contributed by atoms with E-state index in [1.807, 2.05) is 30.3 Å². The average Bonchev–Trinajstić information content (AvgIpc) is 2.72. The van der Waals surface area contributed by atoms with E-state index >= 15 is 0 Å². The highest BCUT2D eigenvalue weighted by molar-refractivity contribution is 5.95. The minimum absolute atomic E-state index is 0.0989. The van der Waals surface area contributed by atoms with Gasteiger partial charge in [-0.25, -0.2) is 0 Å². The molecule has 0 saturated carbocycles. The molecule has 0 unspecified atom stereocenters. The number of hydrogen-bond acceptors (Lipinski definition) is 5. The lowest BCUT2D eigenvalue weighted by molar-refractivity contribution is -0.0475. The number of methoxy groups -OCH3 is 2. The molecule has 6 heteroatoms. The van der Waals surface area contributed by atoms with Gasteiger partial charge in [0.1, 0.15) is 29.5 Å². The smallest absolute Gasteiger partial charge is 0.254 e. The Kier molecular flexibility index (Phi) is 5.86. The molecule has 1 heterocycles. The van der Waals surface area contributed by atoms with Crippen LogP contribution in [0.5, 0.6) is 17.2 Å². The SMILES string of the molecule is COc1cc(OC)cc(C(=O)N2CCC(O)(COc3ccccc3)CC2)c1. The molecule has 3 rings (SSSR count). The summed E-state index contributed by atoms with van der Waals surface area (Å²) < 4.78 is 16.2. The first kappa shape index (κ1) is 19.0. The summed E-state index contributed by atoms with van der Waals surface area (Å²) in [7, 11) is 3.10. The number of carbonyl (C=O) groups is 1. The van der Waals surface area contributed by atoms with Crippen LogP contribution in [0.2, 0.25) is 0 Å². The lowest BCUT2D eigenvalue weighted by Crippen LogP contribution is -2.49. The summed E-state index contributed by atoms with van der Waals surface area (Å²) in [5.41, 5.74) is -0.421. The van der Waals surface area contributed by atoms with Crippen LogP contribution in [-0.4, -0.2) is 55.4 Å². The Morgan fingerprint density at radius 2 is 1.59 bits per heavy atom. The van der Waals surface area contributed by atoms with Crippen molar-refractivity contribution in [3.63, 3.8) is 0 Å². The number of aliphatic hydroxyl groups is 1. The van der Waals surface area contributed by atoms with E-state index < -0.39 is 5.60 Å². The van der Waals surface area contributed by atoms with E-state index in [2.05, 4.69) is 0 Å². The van der Waals surface area contributed by atoms with Crippen molar-refractivity contribution in [2.45, 2.75) is 18.4 Å². The predicted molar refractivity (Wildman–Crippen MR) is 102 cm³/mol. The molecule has 0 atom stereocenters. The first-order valence-electron chi connectivity index (χ1n) is 8.95. The highest BCUT2D eigenvalue weighted by atomic mass is 16.5. The maximum Gasteiger partial charge on any atom is 0.254 e. The lowest BCUT2D eigenvalue weighted by Gasteiger charge is -2.38. The van der Waals surface area contributed by atoms with E-state index in [4.69, 9.17) is 14.2 Å². The number of piperidine rings is 1. The van der Waals surface area contributed by atoms with Crippen molar-refractivity contribution in [2.75, 3.05) is 33.9 Å². The van der Waals surface area contributed by atoms with Gasteiger partial charge in [-0.3, -0.25) is 4.79 Å². The molecular formula is C21H25NO5. The number of nitrogens with zero attached hydrogens (tertiary/aromatic N) is 1. The van der Waals surface area contributed by atoms with E-state index in [1.165, 1.54) is 0 Å². The van der Waals surface area contributed by atoms with E-state index in [9.17, 15) is 9.90 Å². The van der Waals surface area contributed by atoms with E-state index in [0.29, 0.717) is 43.0 Å². The highest BCUT2D eigenvalue weighted by Gasteiger charge is 2.35. The molecule has 2 aromatic carbocycles. The zero-order valence-corrected chi connectivity index (χ0v) is 15.7. The minimum atomic E-state index is -0.932. The fourth-order valence-corrected chi connectivity index (χ4v) is 3.12. The maximum atomic E-state index is 12.8. The fourth-order valence-electron chi connectivity index (χ4n) is 3.12. The summed E-state index contributed by atoms with van der Waals surface area (Å²) in [6.45, 7) is 1.14. The zero-order valence-electron chi connectivity index (χ0n) is 15.7. The number of para-hydroxylation sites is 1. The third-order valence-electron chi connectivity index (χ3n) is 4.83. The molecule has 6 nitrogen and oxygen atoms in total. The normalized spacial score (nSPS) is 15.9. The number of benzene rings is 2. The van der Waals surface area contributed by atoms with Crippen molar-refractivity contribution < 1.29 is 24.1 Å². The van der Waals surface area contributed by atoms with Gasteiger partial charge < -0.3 is 24.2 Å². The first-order valence-corrected chi connectivity index (χ1v) is 8.95. The van der Waals surface area contributed by atoms with Crippen LogP contribution in [0, 0.1) is 0 Å². The Bertz CT molecular complexity index is 747. The van der Waals surface area contributed by atoms with Gasteiger partial charge in [-0.05, 0) is 37.1 Å². The van der Waals surface area contributed by atoms with Crippen LogP contribution >= 0.6 is 0 Å². The van der Waals surface area contributed by atoms with Gasteiger partial charge in [-0.15, -0.1) is 0 Å². The third kappa shape index (κ3) is 4.71. The van der Waals surface area contributed by atoms with Gasteiger partial charge in [0.05, 0.1) is 14.2 Å². The van der Waals surface area contributed by atoms with Gasteiger partial charge in [-0.2, -0.15) is 0 Å². The average molecular weight is 371 g/mol. The maximum absolute atomic E-state index is 12.8. The van der Waals surface area contributed by atoms with Gasteiger partial charge in [0.2, 0.25) is 0 Å². The van der Waals surface area contributed by atoms with Crippen molar-refractivity contribution in [1.29, 1.82) is 0 Å². The monoisotopic (exact) mass is 371 g/mol. The summed E-state index contributed by atoms with van der Waals surface area (Å²) in [6.07, 6.45) is 0.930. The molecule has 0 aliphatic carbocycles. The Morgan fingerprint density at radius 3 is 2.15 bits per heavy atom. The van der Waals surface area contributed by atoms with Crippen LogP contribution in [-0.2, 0) is 0 Å². The van der Waals surface area contributed by atoms with Gasteiger partial charge in [-0.1, -0.05) is 18.2 Å². The van der Waals surface area contributed by atoms with Crippen LogP contribution < -0.4 is 14.2 Å². The molecule has 1 aliphatic heterocycles. The Morgan fingerprint density at radius 1 is 1.00 bits per heavy atom. The number of likely N-dealkylation sites (tertiary alicyclic amines) is 1. The largest absolute Gasteiger partial charge is 0.497 e. The molecule has 27 heavy (non-hydrogen) atoms. The number of rotatable bonds is 6. The van der Waals surface area contributed by atoms with Gasteiger partial charge >= 0.3 is 0 Å². The predicted octanol–water partition coefficient (Wildman–Crippen LogP) is 2.75. The first-order chi connectivity index (χ1) is 13.0. The van der Waals surface area contributed by atoms with Crippen LogP contribution in [0.25, 0.3) is 0 Å². The summed E-state index contributed by atoms with van der Waals surface area (Å²) in [4.78, 5) is 14.6. The van der Waals surface area contributed by atoms with Crippen LogP contribution in [0.15, 0.2) is 48.5 Å². The van der Waals surface area contributed by atoms with Crippen LogP contribution in [0.1, 0.15) is 23.2 Å². The molecule has 2 aromatic rings. The molecule has 144 valence electrons. The standard InChI is InChI=1S/C21H25NO5/c1-25-18-12-16(13-19(14-18)26-2)20(23)22-10-8-21(24,9-11-22)15-27-17-6-4-3-5-7-17/h3-7,12-14,24H,8-11,15H2,1-2H3.